The second-order valence-corrected chi connectivity index (χ2v) is 8.79. The van der Waals surface area contributed by atoms with Gasteiger partial charge in [-0.1, -0.05) is 29.8 Å². The molecule has 27 heavy (non-hydrogen) atoms. The average molecular weight is 406 g/mol. The van der Waals surface area contributed by atoms with E-state index in [1.54, 1.807) is 37.5 Å². The van der Waals surface area contributed by atoms with Crippen LogP contribution in [0.3, 0.4) is 0 Å². The molecule has 0 fully saturated rings. The van der Waals surface area contributed by atoms with Crippen LogP contribution in [0.15, 0.2) is 53.9 Å². The van der Waals surface area contributed by atoms with Crippen molar-refractivity contribution in [3.63, 3.8) is 0 Å². The maximum absolute atomic E-state index is 13.1. The fraction of sp³-hybridized carbons (Fsp3) is 0.250. The summed E-state index contributed by atoms with van der Waals surface area (Å²) < 4.78 is 28.9. The zero-order chi connectivity index (χ0) is 19.6. The van der Waals surface area contributed by atoms with Gasteiger partial charge in [-0.25, -0.2) is 8.42 Å². The molecule has 0 saturated carbocycles. The van der Waals surface area contributed by atoms with Gasteiger partial charge in [0.05, 0.1) is 25.3 Å². The van der Waals surface area contributed by atoms with E-state index in [0.29, 0.717) is 16.5 Å². The van der Waals surface area contributed by atoms with Crippen LogP contribution in [-0.2, 0) is 21.1 Å². The van der Waals surface area contributed by atoms with Crippen LogP contribution in [0.2, 0.25) is 5.02 Å². The lowest BCUT2D eigenvalue weighted by Gasteiger charge is -2.28. The lowest BCUT2D eigenvalue weighted by atomic mass is 10.1. The number of benzene rings is 2. The highest BCUT2D eigenvalue weighted by atomic mass is 35.5. The van der Waals surface area contributed by atoms with E-state index in [-0.39, 0.29) is 18.1 Å². The fourth-order valence-corrected chi connectivity index (χ4v) is 4.42. The molecular formula is C20H20ClNO4S. The van der Waals surface area contributed by atoms with Crippen molar-refractivity contribution in [1.82, 2.24) is 0 Å². The number of methoxy groups -OCH3 is 1. The summed E-state index contributed by atoms with van der Waals surface area (Å²) >= 11 is 6.23. The van der Waals surface area contributed by atoms with Crippen LogP contribution in [-0.4, -0.2) is 33.2 Å². The number of ether oxygens (including phenoxy) is 1. The zero-order valence-electron chi connectivity index (χ0n) is 15.1. The third-order valence-corrected chi connectivity index (χ3v) is 6.24. The van der Waals surface area contributed by atoms with Gasteiger partial charge in [-0.05, 0) is 48.4 Å². The molecule has 7 heteroatoms. The molecule has 5 nitrogen and oxygen atoms in total. The Balaban J connectivity index is 1.91. The Morgan fingerprint density at radius 3 is 2.48 bits per heavy atom. The van der Waals surface area contributed by atoms with E-state index >= 15 is 0 Å². The summed E-state index contributed by atoms with van der Waals surface area (Å²) in [5.41, 5.74) is 2.28. The van der Waals surface area contributed by atoms with Crippen LogP contribution in [0.1, 0.15) is 11.1 Å². The third-order valence-electron chi connectivity index (χ3n) is 4.46. The average Bonchev–Trinajstić information content (AvgIpc) is 2.98. The Morgan fingerprint density at radius 1 is 1.22 bits per heavy atom. The smallest absolute Gasteiger partial charge is 0.231 e. The second kappa shape index (κ2) is 7.74. The number of hydrogen-bond acceptors (Lipinski definition) is 4. The van der Waals surface area contributed by atoms with Crippen molar-refractivity contribution in [3.8, 4) is 5.75 Å². The Labute approximate surface area is 164 Å². The summed E-state index contributed by atoms with van der Waals surface area (Å²) in [5, 5.41) is 1.70. The van der Waals surface area contributed by atoms with E-state index in [0.717, 1.165) is 11.1 Å². The van der Waals surface area contributed by atoms with E-state index in [1.165, 1.54) is 10.3 Å². The van der Waals surface area contributed by atoms with Crippen molar-refractivity contribution in [2.24, 2.45) is 0 Å². The van der Waals surface area contributed by atoms with Crippen LogP contribution in [0.25, 0.3) is 0 Å². The molecule has 0 unspecified atom stereocenters. The molecular weight excluding hydrogens is 386 g/mol. The van der Waals surface area contributed by atoms with Crippen molar-refractivity contribution in [3.05, 3.63) is 70.1 Å². The maximum atomic E-state index is 13.1. The molecule has 0 aromatic heterocycles. The highest BCUT2D eigenvalue weighted by molar-refractivity contribution is 7.94. The number of carbonyl (C=O) groups is 1. The number of amides is 1. The lowest BCUT2D eigenvalue weighted by molar-refractivity contribution is -0.118. The van der Waals surface area contributed by atoms with Crippen LogP contribution in [0.4, 0.5) is 5.69 Å². The predicted molar refractivity (Wildman–Crippen MR) is 107 cm³/mol. The molecule has 142 valence electrons. The van der Waals surface area contributed by atoms with Crippen LogP contribution >= 0.6 is 11.6 Å². The van der Waals surface area contributed by atoms with Crippen LogP contribution in [0, 0.1) is 6.92 Å². The summed E-state index contributed by atoms with van der Waals surface area (Å²) in [6.45, 7) is 1.87. The van der Waals surface area contributed by atoms with Gasteiger partial charge < -0.3 is 9.64 Å². The molecule has 2 aromatic rings. The summed E-state index contributed by atoms with van der Waals surface area (Å²) in [6.07, 6.45) is 1.69. The Kier molecular flexibility index (Phi) is 5.58. The molecule has 0 saturated heterocycles. The molecule has 1 heterocycles. The number of halogens is 1. The minimum Gasteiger partial charge on any atom is -0.497 e. The van der Waals surface area contributed by atoms with E-state index in [1.807, 2.05) is 25.1 Å². The highest BCUT2D eigenvalue weighted by Crippen LogP contribution is 2.28. The fourth-order valence-electron chi connectivity index (χ4n) is 2.98. The van der Waals surface area contributed by atoms with Gasteiger partial charge >= 0.3 is 0 Å². The molecule has 3 rings (SSSR count). The summed E-state index contributed by atoms with van der Waals surface area (Å²) in [7, 11) is -1.73. The van der Waals surface area contributed by atoms with Gasteiger partial charge in [0.25, 0.3) is 0 Å². The van der Waals surface area contributed by atoms with Gasteiger partial charge in [0.15, 0.2) is 9.84 Å². The highest BCUT2D eigenvalue weighted by Gasteiger charge is 2.31. The minimum atomic E-state index is -3.31. The quantitative estimate of drug-likeness (QED) is 0.763. The Bertz CT molecular complexity index is 984. The summed E-state index contributed by atoms with van der Waals surface area (Å²) in [5.74, 6) is 0.373. The van der Waals surface area contributed by atoms with Gasteiger partial charge in [-0.15, -0.1) is 0 Å². The largest absolute Gasteiger partial charge is 0.497 e. The zero-order valence-corrected chi connectivity index (χ0v) is 16.6. The molecule has 2 aromatic carbocycles. The van der Waals surface area contributed by atoms with E-state index < -0.39 is 15.9 Å². The molecule has 1 amide bonds. The molecule has 0 N–H and O–H groups in total. The van der Waals surface area contributed by atoms with Crippen LogP contribution < -0.4 is 9.64 Å². The van der Waals surface area contributed by atoms with Gasteiger partial charge in [0.1, 0.15) is 5.75 Å². The third kappa shape index (κ3) is 4.51. The van der Waals surface area contributed by atoms with Crippen molar-refractivity contribution in [2.75, 3.05) is 17.8 Å². The molecule has 1 aliphatic rings. The second-order valence-electron chi connectivity index (χ2n) is 6.45. The van der Waals surface area contributed by atoms with Crippen molar-refractivity contribution in [1.29, 1.82) is 0 Å². The maximum Gasteiger partial charge on any atom is 0.231 e. The van der Waals surface area contributed by atoms with Gasteiger partial charge in [-0.3, -0.25) is 4.79 Å². The van der Waals surface area contributed by atoms with E-state index in [2.05, 4.69) is 0 Å². The molecule has 0 bridgehead atoms. The van der Waals surface area contributed by atoms with Crippen molar-refractivity contribution < 1.29 is 17.9 Å². The number of nitrogens with zero attached hydrogens (tertiary/aromatic N) is 1. The van der Waals surface area contributed by atoms with Gasteiger partial charge in [0, 0.05) is 16.1 Å². The predicted octanol–water partition coefficient (Wildman–Crippen LogP) is 3.54. The number of hydrogen-bond donors (Lipinski definition) is 0. The first kappa shape index (κ1) is 19.5. The van der Waals surface area contributed by atoms with E-state index in [4.69, 9.17) is 16.3 Å². The van der Waals surface area contributed by atoms with Gasteiger partial charge in [-0.2, -0.15) is 0 Å². The minimum absolute atomic E-state index is 0.132. The number of carbonyl (C=O) groups excluding carboxylic acids is 1. The number of sulfone groups is 1. The first-order chi connectivity index (χ1) is 12.8. The molecule has 1 aliphatic heterocycles. The topological polar surface area (TPSA) is 63.7 Å². The number of aryl methyl sites for hydroxylation is 1. The normalized spacial score (nSPS) is 17.7. The standard InChI is InChI=1S/C20H20ClNO4S/c1-14-3-6-16(12-19(14)21)22(17-9-10-27(24,25)13-17)20(23)11-15-4-7-18(26-2)8-5-15/h3-10,12,17H,11,13H2,1-2H3/t17-/m0/s1. The summed E-state index contributed by atoms with van der Waals surface area (Å²) in [4.78, 5) is 14.6. The number of anilines is 1. The first-order valence-corrected chi connectivity index (χ1v) is 10.5. The number of rotatable bonds is 5. The summed E-state index contributed by atoms with van der Waals surface area (Å²) in [6, 6.07) is 12.0. The Morgan fingerprint density at radius 2 is 1.93 bits per heavy atom. The van der Waals surface area contributed by atoms with E-state index in [9.17, 15) is 13.2 Å². The van der Waals surface area contributed by atoms with Crippen molar-refractivity contribution >= 4 is 33.0 Å². The molecule has 0 radical (unpaired) electrons. The molecule has 0 spiro atoms. The Hall–Kier alpha value is -2.31. The first-order valence-electron chi connectivity index (χ1n) is 8.41. The SMILES string of the molecule is COc1ccc(CC(=O)N(c2ccc(C)c(Cl)c2)[C@H]2C=CS(=O)(=O)C2)cc1. The van der Waals surface area contributed by atoms with Crippen molar-refractivity contribution in [2.45, 2.75) is 19.4 Å². The van der Waals surface area contributed by atoms with Gasteiger partial charge in [0.2, 0.25) is 5.91 Å². The monoisotopic (exact) mass is 405 g/mol. The molecule has 1 atom stereocenters. The van der Waals surface area contributed by atoms with Crippen LogP contribution in [0.5, 0.6) is 5.75 Å². The molecule has 0 aliphatic carbocycles. The lowest BCUT2D eigenvalue weighted by Crippen LogP contribution is -2.42.